The van der Waals surface area contributed by atoms with E-state index in [0.29, 0.717) is 0 Å². The van der Waals surface area contributed by atoms with E-state index in [1.165, 1.54) is 29.5 Å². The number of benzene rings is 1. The van der Waals surface area contributed by atoms with E-state index in [9.17, 15) is 0 Å². The minimum absolute atomic E-state index is 0.252. The smallest absolute Gasteiger partial charge is 0.0440 e. The molecule has 0 saturated heterocycles. The second-order valence-electron chi connectivity index (χ2n) is 4.38. The van der Waals surface area contributed by atoms with Crippen molar-refractivity contribution in [1.82, 2.24) is 0 Å². The number of rotatable bonds is 2. The van der Waals surface area contributed by atoms with Crippen molar-refractivity contribution in [3.05, 3.63) is 33.8 Å². The summed E-state index contributed by atoms with van der Waals surface area (Å²) in [6.45, 7) is 4.91. The van der Waals surface area contributed by atoms with Crippen molar-refractivity contribution >= 4 is 11.6 Å². The van der Waals surface area contributed by atoms with Gasteiger partial charge in [0.05, 0.1) is 0 Å². The Morgan fingerprint density at radius 3 is 2.43 bits per heavy atom. The van der Waals surface area contributed by atoms with Crippen LogP contribution in [0.15, 0.2) is 12.1 Å². The summed E-state index contributed by atoms with van der Waals surface area (Å²) in [5, 5.41) is 0.875. The van der Waals surface area contributed by atoms with Crippen LogP contribution in [0.4, 0.5) is 0 Å². The predicted molar refractivity (Wildman–Crippen MR) is 60.9 cm³/mol. The number of halogens is 1. The molecular weight excluding hydrogens is 194 g/mol. The van der Waals surface area contributed by atoms with E-state index in [1.807, 2.05) is 0 Å². The Bertz CT molecular complexity index is 344. The lowest BCUT2D eigenvalue weighted by Gasteiger charge is -2.15. The average Bonchev–Trinajstić information content (AvgIpc) is 2.94. The molecule has 1 saturated carbocycles. The predicted octanol–water partition coefficient (Wildman–Crippen LogP) is 2.95. The van der Waals surface area contributed by atoms with E-state index < -0.39 is 0 Å². The Morgan fingerprint density at radius 2 is 2.00 bits per heavy atom. The topological polar surface area (TPSA) is 26.0 Å². The van der Waals surface area contributed by atoms with Crippen molar-refractivity contribution in [2.24, 2.45) is 5.73 Å². The van der Waals surface area contributed by atoms with Gasteiger partial charge < -0.3 is 5.73 Å². The zero-order valence-corrected chi connectivity index (χ0v) is 9.49. The summed E-state index contributed by atoms with van der Waals surface area (Å²) < 4.78 is 0. The van der Waals surface area contributed by atoms with Gasteiger partial charge in [0.2, 0.25) is 0 Å². The van der Waals surface area contributed by atoms with Crippen LogP contribution < -0.4 is 5.73 Å². The third-order valence-corrected chi connectivity index (χ3v) is 3.85. The average molecular weight is 210 g/mol. The number of nitrogens with two attached hydrogens (primary N) is 1. The number of aryl methyl sites for hydroxylation is 1. The van der Waals surface area contributed by atoms with E-state index in [-0.39, 0.29) is 5.41 Å². The lowest BCUT2D eigenvalue weighted by atomic mass is 9.93. The maximum atomic E-state index is 6.17. The third-order valence-electron chi connectivity index (χ3n) is 3.46. The first kappa shape index (κ1) is 10.0. The molecule has 2 rings (SSSR count). The third kappa shape index (κ3) is 1.45. The Morgan fingerprint density at radius 1 is 1.36 bits per heavy atom. The standard InChI is InChI=1S/C12H16ClN/c1-8-5-10(6-11(13)9(8)2)12(7-14)3-4-12/h5-6H,3-4,7,14H2,1-2H3. The lowest BCUT2D eigenvalue weighted by molar-refractivity contribution is 0.703. The van der Waals surface area contributed by atoms with E-state index >= 15 is 0 Å². The van der Waals surface area contributed by atoms with Gasteiger partial charge in [0.25, 0.3) is 0 Å². The van der Waals surface area contributed by atoms with E-state index in [0.717, 1.165) is 11.6 Å². The molecule has 0 bridgehead atoms. The van der Waals surface area contributed by atoms with Crippen LogP contribution in [0.5, 0.6) is 0 Å². The molecule has 0 spiro atoms. The van der Waals surface area contributed by atoms with Gasteiger partial charge in [-0.2, -0.15) is 0 Å². The summed E-state index contributed by atoms with van der Waals surface area (Å²) in [5.74, 6) is 0. The molecule has 14 heavy (non-hydrogen) atoms. The zero-order chi connectivity index (χ0) is 10.3. The molecule has 0 heterocycles. The van der Waals surface area contributed by atoms with Gasteiger partial charge in [-0.3, -0.25) is 0 Å². The van der Waals surface area contributed by atoms with E-state index in [1.54, 1.807) is 0 Å². The van der Waals surface area contributed by atoms with Gasteiger partial charge in [-0.05, 0) is 49.4 Å². The SMILES string of the molecule is Cc1cc(C2(CN)CC2)cc(Cl)c1C. The van der Waals surface area contributed by atoms with Crippen molar-refractivity contribution in [3.63, 3.8) is 0 Å². The summed E-state index contributed by atoms with van der Waals surface area (Å²) in [5.41, 5.74) is 9.83. The molecule has 2 heteroatoms. The lowest BCUT2D eigenvalue weighted by Crippen LogP contribution is -2.19. The van der Waals surface area contributed by atoms with E-state index in [4.69, 9.17) is 17.3 Å². The molecule has 1 fully saturated rings. The highest BCUT2D eigenvalue weighted by Crippen LogP contribution is 2.48. The molecule has 1 aromatic rings. The summed E-state index contributed by atoms with van der Waals surface area (Å²) >= 11 is 6.17. The molecule has 1 nitrogen and oxygen atoms in total. The fraction of sp³-hybridized carbons (Fsp3) is 0.500. The van der Waals surface area contributed by atoms with Gasteiger partial charge in [0.1, 0.15) is 0 Å². The molecule has 0 aromatic heterocycles. The second-order valence-corrected chi connectivity index (χ2v) is 4.79. The highest BCUT2D eigenvalue weighted by atomic mass is 35.5. The molecule has 2 N–H and O–H groups in total. The van der Waals surface area contributed by atoms with Crippen molar-refractivity contribution in [2.75, 3.05) is 6.54 Å². The molecule has 0 aliphatic heterocycles. The Kier molecular flexibility index (Phi) is 2.32. The summed E-state index contributed by atoms with van der Waals surface area (Å²) in [6.07, 6.45) is 2.42. The maximum absolute atomic E-state index is 6.17. The largest absolute Gasteiger partial charge is 0.330 e. The summed E-state index contributed by atoms with van der Waals surface area (Å²) in [7, 11) is 0. The normalized spacial score (nSPS) is 18.3. The van der Waals surface area contributed by atoms with Crippen LogP contribution in [-0.2, 0) is 5.41 Å². The zero-order valence-electron chi connectivity index (χ0n) is 8.73. The Hall–Kier alpha value is -0.530. The molecule has 0 atom stereocenters. The van der Waals surface area contributed by atoms with Crippen LogP contribution in [0.1, 0.15) is 29.5 Å². The highest BCUT2D eigenvalue weighted by molar-refractivity contribution is 6.31. The van der Waals surface area contributed by atoms with Gasteiger partial charge in [0.15, 0.2) is 0 Å². The minimum Gasteiger partial charge on any atom is -0.330 e. The van der Waals surface area contributed by atoms with Crippen LogP contribution in [0, 0.1) is 13.8 Å². The monoisotopic (exact) mass is 209 g/mol. The van der Waals surface area contributed by atoms with Crippen molar-refractivity contribution in [1.29, 1.82) is 0 Å². The fourth-order valence-electron chi connectivity index (χ4n) is 1.88. The van der Waals surface area contributed by atoms with Crippen LogP contribution in [-0.4, -0.2) is 6.54 Å². The molecule has 0 amide bonds. The van der Waals surface area contributed by atoms with Crippen LogP contribution >= 0.6 is 11.6 Å². The molecule has 1 aromatic carbocycles. The van der Waals surface area contributed by atoms with Gasteiger partial charge in [-0.15, -0.1) is 0 Å². The first-order chi connectivity index (χ1) is 6.59. The first-order valence-corrected chi connectivity index (χ1v) is 5.44. The highest BCUT2D eigenvalue weighted by Gasteiger charge is 2.43. The first-order valence-electron chi connectivity index (χ1n) is 5.06. The fourth-order valence-corrected chi connectivity index (χ4v) is 2.15. The van der Waals surface area contributed by atoms with Gasteiger partial charge in [0, 0.05) is 17.0 Å². The second kappa shape index (κ2) is 3.25. The molecule has 0 unspecified atom stereocenters. The molecular formula is C12H16ClN. The van der Waals surface area contributed by atoms with Crippen molar-refractivity contribution in [3.8, 4) is 0 Å². The maximum Gasteiger partial charge on any atom is 0.0440 e. The van der Waals surface area contributed by atoms with Gasteiger partial charge in [-0.25, -0.2) is 0 Å². The van der Waals surface area contributed by atoms with Gasteiger partial charge >= 0.3 is 0 Å². The van der Waals surface area contributed by atoms with Crippen LogP contribution in [0.2, 0.25) is 5.02 Å². The Labute approximate surface area is 90.3 Å². The van der Waals surface area contributed by atoms with Crippen LogP contribution in [0.25, 0.3) is 0 Å². The van der Waals surface area contributed by atoms with Crippen molar-refractivity contribution in [2.45, 2.75) is 32.1 Å². The van der Waals surface area contributed by atoms with E-state index in [2.05, 4.69) is 26.0 Å². The summed E-state index contributed by atoms with van der Waals surface area (Å²) in [4.78, 5) is 0. The molecule has 1 aliphatic rings. The number of hydrogen-bond acceptors (Lipinski definition) is 1. The molecule has 76 valence electrons. The minimum atomic E-state index is 0.252. The summed E-state index contributed by atoms with van der Waals surface area (Å²) in [6, 6.07) is 4.32. The number of hydrogen-bond donors (Lipinski definition) is 1. The Balaban J connectivity index is 2.46. The molecule has 1 aliphatic carbocycles. The van der Waals surface area contributed by atoms with Crippen LogP contribution in [0.3, 0.4) is 0 Å². The molecule has 0 radical (unpaired) electrons. The quantitative estimate of drug-likeness (QED) is 0.797. The van der Waals surface area contributed by atoms with Gasteiger partial charge in [-0.1, -0.05) is 17.7 Å². The van der Waals surface area contributed by atoms with Crippen molar-refractivity contribution < 1.29 is 0 Å².